The summed E-state index contributed by atoms with van der Waals surface area (Å²) in [5.74, 6) is -1.47. The van der Waals surface area contributed by atoms with Crippen LogP contribution in [0.2, 0.25) is 0 Å². The molecule has 1 heterocycles. The first-order chi connectivity index (χ1) is 14.6. The molecule has 0 aromatic heterocycles. The van der Waals surface area contributed by atoms with Gasteiger partial charge < -0.3 is 0 Å². The number of carbonyl (C=O) groups excluding carboxylic acids is 3. The molecule has 1 aliphatic heterocycles. The van der Waals surface area contributed by atoms with Gasteiger partial charge in [0, 0.05) is 17.4 Å². The van der Waals surface area contributed by atoms with E-state index in [0.29, 0.717) is 11.3 Å². The first kappa shape index (κ1) is 17.3. The Labute approximate surface area is 174 Å². The monoisotopic (exact) mass is 393 g/mol. The van der Waals surface area contributed by atoms with Crippen LogP contribution >= 0.6 is 0 Å². The summed E-state index contributed by atoms with van der Waals surface area (Å²) in [5.41, 5.74) is 5.61. The Hall–Kier alpha value is -3.53. The van der Waals surface area contributed by atoms with Gasteiger partial charge in [-0.2, -0.15) is 0 Å². The van der Waals surface area contributed by atoms with E-state index in [0.717, 1.165) is 22.3 Å². The van der Waals surface area contributed by atoms with Crippen LogP contribution in [0.25, 0.3) is 0 Å². The average molecular weight is 393 g/mol. The van der Waals surface area contributed by atoms with Crippen LogP contribution in [0.15, 0.2) is 72.8 Å². The van der Waals surface area contributed by atoms with Gasteiger partial charge in [-0.1, -0.05) is 60.7 Å². The van der Waals surface area contributed by atoms with E-state index >= 15 is 0 Å². The number of imide groups is 1. The highest BCUT2D eigenvalue weighted by atomic mass is 16.2. The summed E-state index contributed by atoms with van der Waals surface area (Å²) in [6.07, 6.45) is 0. The minimum atomic E-state index is -0.409. The van der Waals surface area contributed by atoms with Crippen LogP contribution in [-0.4, -0.2) is 17.6 Å². The van der Waals surface area contributed by atoms with E-state index in [1.807, 2.05) is 24.3 Å². The van der Waals surface area contributed by atoms with Crippen molar-refractivity contribution in [3.63, 3.8) is 0 Å². The molecule has 146 valence electrons. The second-order valence-corrected chi connectivity index (χ2v) is 8.38. The molecule has 2 bridgehead atoms. The van der Waals surface area contributed by atoms with Crippen molar-refractivity contribution in [2.45, 2.75) is 18.8 Å². The Balaban J connectivity index is 1.54. The van der Waals surface area contributed by atoms with Gasteiger partial charge in [0.05, 0.1) is 17.5 Å². The van der Waals surface area contributed by atoms with Crippen molar-refractivity contribution in [3.8, 4) is 0 Å². The van der Waals surface area contributed by atoms with Crippen LogP contribution in [0.3, 0.4) is 0 Å². The van der Waals surface area contributed by atoms with E-state index in [1.165, 1.54) is 11.8 Å². The van der Waals surface area contributed by atoms with Gasteiger partial charge in [-0.3, -0.25) is 14.4 Å². The smallest absolute Gasteiger partial charge is 0.238 e. The van der Waals surface area contributed by atoms with Gasteiger partial charge in [0.1, 0.15) is 0 Å². The fourth-order valence-corrected chi connectivity index (χ4v) is 5.80. The maximum Gasteiger partial charge on any atom is 0.238 e. The van der Waals surface area contributed by atoms with Crippen molar-refractivity contribution in [3.05, 3.63) is 101 Å². The summed E-state index contributed by atoms with van der Waals surface area (Å²) in [4.78, 5) is 40.5. The van der Waals surface area contributed by atoms with Gasteiger partial charge >= 0.3 is 0 Å². The summed E-state index contributed by atoms with van der Waals surface area (Å²) in [7, 11) is 0. The van der Waals surface area contributed by atoms with Crippen molar-refractivity contribution < 1.29 is 14.4 Å². The van der Waals surface area contributed by atoms with E-state index in [9.17, 15) is 14.4 Å². The third kappa shape index (κ3) is 2.08. The van der Waals surface area contributed by atoms with Crippen LogP contribution in [0.5, 0.6) is 0 Å². The largest absolute Gasteiger partial charge is 0.295 e. The van der Waals surface area contributed by atoms with E-state index in [2.05, 4.69) is 24.3 Å². The highest BCUT2D eigenvalue weighted by molar-refractivity contribution is 6.23. The van der Waals surface area contributed by atoms with Crippen molar-refractivity contribution in [1.29, 1.82) is 0 Å². The van der Waals surface area contributed by atoms with Gasteiger partial charge in [0.2, 0.25) is 11.8 Å². The van der Waals surface area contributed by atoms with E-state index in [4.69, 9.17) is 0 Å². The van der Waals surface area contributed by atoms with E-state index in [-0.39, 0.29) is 29.4 Å². The Morgan fingerprint density at radius 3 is 1.60 bits per heavy atom. The molecule has 4 heteroatoms. The van der Waals surface area contributed by atoms with Crippen molar-refractivity contribution in [2.24, 2.45) is 11.8 Å². The van der Waals surface area contributed by atoms with Gasteiger partial charge in [-0.05, 0) is 41.3 Å². The second kappa shape index (κ2) is 5.99. The molecular formula is C26H19NO3. The zero-order valence-corrected chi connectivity index (χ0v) is 16.4. The third-order valence-electron chi connectivity index (χ3n) is 6.96. The summed E-state index contributed by atoms with van der Waals surface area (Å²) in [5, 5.41) is 0. The summed E-state index contributed by atoms with van der Waals surface area (Å²) >= 11 is 0. The Bertz CT molecular complexity index is 1140. The van der Waals surface area contributed by atoms with Gasteiger partial charge in [-0.25, -0.2) is 4.90 Å². The number of carbonyl (C=O) groups is 3. The predicted molar refractivity (Wildman–Crippen MR) is 112 cm³/mol. The molecule has 1 fully saturated rings. The number of Topliss-reactive ketones (excluding diaryl/α,β-unsaturated/α-hetero) is 1. The number of rotatable bonds is 2. The number of hydrogen-bond donors (Lipinski definition) is 0. The Morgan fingerprint density at radius 2 is 1.17 bits per heavy atom. The maximum absolute atomic E-state index is 13.7. The molecule has 30 heavy (non-hydrogen) atoms. The number of nitrogens with zero attached hydrogens (tertiary/aromatic N) is 1. The lowest BCUT2D eigenvalue weighted by molar-refractivity contribution is -0.122. The van der Waals surface area contributed by atoms with Crippen LogP contribution in [0.1, 0.15) is 51.4 Å². The quantitative estimate of drug-likeness (QED) is 0.482. The van der Waals surface area contributed by atoms with Gasteiger partial charge in [-0.15, -0.1) is 0 Å². The average Bonchev–Trinajstić information content (AvgIpc) is 3.04. The SMILES string of the molecule is CC(=O)c1cccc(N2C(=O)[C@@H]3C4c5ccccc5C(c5ccccc54)[C@H]3C2=O)c1. The zero-order valence-electron chi connectivity index (χ0n) is 16.4. The lowest BCUT2D eigenvalue weighted by atomic mass is 9.55. The molecule has 2 atom stereocenters. The number of amides is 2. The van der Waals surface area contributed by atoms with Gasteiger partial charge in [0.15, 0.2) is 5.78 Å². The van der Waals surface area contributed by atoms with Crippen LogP contribution in [0, 0.1) is 11.8 Å². The highest BCUT2D eigenvalue weighted by Gasteiger charge is 2.61. The first-order valence-electron chi connectivity index (χ1n) is 10.2. The fourth-order valence-electron chi connectivity index (χ4n) is 5.80. The minimum absolute atomic E-state index is 0.0896. The molecule has 4 aliphatic rings. The molecular weight excluding hydrogens is 374 g/mol. The highest BCUT2D eigenvalue weighted by Crippen LogP contribution is 2.61. The van der Waals surface area contributed by atoms with E-state index in [1.54, 1.807) is 24.3 Å². The van der Waals surface area contributed by atoms with E-state index < -0.39 is 11.8 Å². The third-order valence-corrected chi connectivity index (χ3v) is 6.96. The zero-order chi connectivity index (χ0) is 20.6. The molecule has 0 N–H and O–H groups in total. The van der Waals surface area contributed by atoms with Crippen LogP contribution in [0.4, 0.5) is 5.69 Å². The van der Waals surface area contributed by atoms with Crippen molar-refractivity contribution in [2.75, 3.05) is 4.90 Å². The van der Waals surface area contributed by atoms with Crippen molar-refractivity contribution in [1.82, 2.24) is 0 Å². The van der Waals surface area contributed by atoms with Crippen LogP contribution < -0.4 is 4.90 Å². The Kier molecular flexibility index (Phi) is 3.46. The molecule has 7 rings (SSSR count). The summed E-state index contributed by atoms with van der Waals surface area (Å²) in [6, 6.07) is 23.2. The van der Waals surface area contributed by atoms with Crippen LogP contribution in [-0.2, 0) is 9.59 Å². The number of ketones is 1. The minimum Gasteiger partial charge on any atom is -0.295 e. The lowest BCUT2D eigenvalue weighted by Crippen LogP contribution is -2.41. The second-order valence-electron chi connectivity index (χ2n) is 8.38. The predicted octanol–water partition coefficient (Wildman–Crippen LogP) is 4.29. The number of hydrogen-bond acceptors (Lipinski definition) is 3. The molecule has 3 aliphatic carbocycles. The fraction of sp³-hybridized carbons (Fsp3) is 0.192. The topological polar surface area (TPSA) is 54.5 Å². The molecule has 2 amide bonds. The summed E-state index contributed by atoms with van der Waals surface area (Å²) < 4.78 is 0. The Morgan fingerprint density at radius 1 is 0.700 bits per heavy atom. The molecule has 0 saturated carbocycles. The number of anilines is 1. The molecule has 4 nitrogen and oxygen atoms in total. The van der Waals surface area contributed by atoms with Gasteiger partial charge in [0.25, 0.3) is 0 Å². The normalized spacial score (nSPS) is 25.7. The molecule has 3 aromatic rings. The van der Waals surface area contributed by atoms with Crippen molar-refractivity contribution >= 4 is 23.3 Å². The maximum atomic E-state index is 13.7. The standard InChI is InChI=1S/C26H19NO3/c1-14(28)15-7-6-8-16(13-15)27-25(29)23-21-17-9-2-3-10-18(17)22(24(23)26(27)30)20-12-5-4-11-19(20)21/h2-13,21-24H,1H3/t21?,22?,23-,24-/m1/s1. The lowest BCUT2D eigenvalue weighted by Gasteiger charge is -2.45. The molecule has 3 aromatic carbocycles. The number of benzene rings is 3. The molecule has 0 unspecified atom stereocenters. The molecule has 0 spiro atoms. The molecule has 1 saturated heterocycles. The first-order valence-corrected chi connectivity index (χ1v) is 10.2. The molecule has 0 radical (unpaired) electrons. The summed E-state index contributed by atoms with van der Waals surface area (Å²) in [6.45, 7) is 1.49.